The summed E-state index contributed by atoms with van der Waals surface area (Å²) >= 11 is 3.51. The zero-order valence-electron chi connectivity index (χ0n) is 11.5. The maximum Gasteiger partial charge on any atom is 0.343 e. The van der Waals surface area contributed by atoms with Crippen LogP contribution in [0.2, 0.25) is 0 Å². The number of rotatable bonds is 2. The summed E-state index contributed by atoms with van der Waals surface area (Å²) in [5.41, 5.74) is 1.59. The van der Waals surface area contributed by atoms with E-state index >= 15 is 0 Å². The smallest absolute Gasteiger partial charge is 0.343 e. The Morgan fingerprint density at radius 2 is 1.81 bits per heavy atom. The number of halogens is 1. The van der Waals surface area contributed by atoms with Crippen LogP contribution in [0.4, 0.5) is 0 Å². The van der Waals surface area contributed by atoms with Gasteiger partial charge >= 0.3 is 5.97 Å². The van der Waals surface area contributed by atoms with E-state index in [1.165, 1.54) is 0 Å². The first kappa shape index (κ1) is 13.8. The normalized spacial score (nSPS) is 10.6. The van der Waals surface area contributed by atoms with Gasteiger partial charge in [-0.1, -0.05) is 45.8 Å². The summed E-state index contributed by atoms with van der Waals surface area (Å²) in [5.74, 6) is 0.208. The van der Waals surface area contributed by atoms with E-state index in [0.717, 1.165) is 20.8 Å². The molecule has 0 heterocycles. The van der Waals surface area contributed by atoms with Crippen LogP contribution >= 0.6 is 15.9 Å². The van der Waals surface area contributed by atoms with Gasteiger partial charge in [-0.25, -0.2) is 4.79 Å². The third-order valence-corrected chi connectivity index (χ3v) is 3.95. The number of fused-ring (bicyclic) bond motifs is 1. The number of esters is 1. The summed E-state index contributed by atoms with van der Waals surface area (Å²) in [5, 5.41) is 2.12. The first-order chi connectivity index (χ1) is 10.1. The lowest BCUT2D eigenvalue weighted by Gasteiger charge is -2.07. The molecule has 3 aromatic rings. The third-order valence-electron chi connectivity index (χ3n) is 3.26. The van der Waals surface area contributed by atoms with Crippen molar-refractivity contribution in [2.75, 3.05) is 0 Å². The second-order valence-electron chi connectivity index (χ2n) is 4.88. The molecule has 0 unspecified atom stereocenters. The van der Waals surface area contributed by atoms with Crippen LogP contribution in [0.3, 0.4) is 0 Å². The van der Waals surface area contributed by atoms with E-state index < -0.39 is 0 Å². The molecule has 0 atom stereocenters. The molecule has 0 aromatic heterocycles. The first-order valence-corrected chi connectivity index (χ1v) is 7.40. The van der Waals surface area contributed by atoms with E-state index in [4.69, 9.17) is 4.74 Å². The number of hydrogen-bond acceptors (Lipinski definition) is 2. The fourth-order valence-corrected chi connectivity index (χ4v) is 2.74. The minimum absolute atomic E-state index is 0.340. The average Bonchev–Trinajstić information content (AvgIpc) is 2.47. The number of aryl methyl sites for hydroxylation is 1. The highest BCUT2D eigenvalue weighted by atomic mass is 79.9. The molecule has 21 heavy (non-hydrogen) atoms. The van der Waals surface area contributed by atoms with E-state index in [9.17, 15) is 4.79 Å². The van der Waals surface area contributed by atoms with Crippen LogP contribution in [0, 0.1) is 6.92 Å². The molecule has 0 saturated carbocycles. The van der Waals surface area contributed by atoms with Gasteiger partial charge in [0.05, 0.1) is 5.56 Å². The first-order valence-electron chi connectivity index (χ1n) is 6.60. The molecule has 0 bridgehead atoms. The number of hydrogen-bond donors (Lipinski definition) is 0. The second kappa shape index (κ2) is 5.70. The van der Waals surface area contributed by atoms with Gasteiger partial charge in [0.25, 0.3) is 0 Å². The van der Waals surface area contributed by atoms with Crippen LogP contribution in [0.25, 0.3) is 10.8 Å². The largest absolute Gasteiger partial charge is 0.423 e. The van der Waals surface area contributed by atoms with Crippen molar-refractivity contribution in [2.24, 2.45) is 0 Å². The molecule has 0 aliphatic carbocycles. The van der Waals surface area contributed by atoms with Gasteiger partial charge in [-0.05, 0) is 54.1 Å². The van der Waals surface area contributed by atoms with Gasteiger partial charge in [-0.2, -0.15) is 0 Å². The maximum absolute atomic E-state index is 12.1. The molecule has 0 saturated heterocycles. The van der Waals surface area contributed by atoms with Crippen LogP contribution < -0.4 is 4.74 Å². The van der Waals surface area contributed by atoms with Crippen molar-refractivity contribution in [1.29, 1.82) is 0 Å². The Hall–Kier alpha value is -2.13. The van der Waals surface area contributed by atoms with Crippen molar-refractivity contribution in [3.8, 4) is 5.75 Å². The topological polar surface area (TPSA) is 26.3 Å². The Morgan fingerprint density at radius 3 is 2.62 bits per heavy atom. The highest BCUT2D eigenvalue weighted by Gasteiger charge is 2.09. The number of ether oxygens (including phenoxy) is 1. The van der Waals surface area contributed by atoms with Crippen molar-refractivity contribution in [3.63, 3.8) is 0 Å². The maximum atomic E-state index is 12.1. The van der Waals surface area contributed by atoms with Gasteiger partial charge in [0.1, 0.15) is 5.75 Å². The third kappa shape index (κ3) is 2.98. The van der Waals surface area contributed by atoms with E-state index in [-0.39, 0.29) is 5.97 Å². The second-order valence-corrected chi connectivity index (χ2v) is 5.74. The Kier molecular flexibility index (Phi) is 3.76. The molecule has 3 heteroatoms. The van der Waals surface area contributed by atoms with Gasteiger partial charge in [0, 0.05) is 4.47 Å². The number of carbonyl (C=O) groups is 1. The summed E-state index contributed by atoms with van der Waals surface area (Å²) in [6.45, 7) is 1.95. The van der Waals surface area contributed by atoms with Crippen LogP contribution in [-0.4, -0.2) is 5.97 Å². The summed E-state index contributed by atoms with van der Waals surface area (Å²) < 4.78 is 6.47. The molecule has 3 aromatic carbocycles. The summed E-state index contributed by atoms with van der Waals surface area (Å²) in [6, 6.07) is 18.9. The summed E-state index contributed by atoms with van der Waals surface area (Å²) in [6.07, 6.45) is 0. The monoisotopic (exact) mass is 340 g/mol. The molecule has 0 amide bonds. The standard InChI is InChI=1S/C18H13BrO2/c1-12-4-2-6-14(10-12)18(20)21-15-8-9-16-13(11-15)5-3-7-17(16)19/h2-11H,1H3. The molecule has 2 nitrogen and oxygen atoms in total. The highest BCUT2D eigenvalue weighted by molar-refractivity contribution is 9.10. The number of carbonyl (C=O) groups excluding carboxylic acids is 1. The van der Waals surface area contributed by atoms with Gasteiger partial charge in [0.15, 0.2) is 0 Å². The molecule has 0 aliphatic heterocycles. The van der Waals surface area contributed by atoms with Crippen molar-refractivity contribution in [3.05, 3.63) is 76.3 Å². The minimum atomic E-state index is -0.340. The Balaban J connectivity index is 1.90. The fraction of sp³-hybridized carbons (Fsp3) is 0.0556. The zero-order valence-corrected chi connectivity index (χ0v) is 13.1. The molecular formula is C18H13BrO2. The lowest BCUT2D eigenvalue weighted by atomic mass is 10.1. The van der Waals surface area contributed by atoms with E-state index in [2.05, 4.69) is 15.9 Å². The predicted octanol–water partition coefficient (Wildman–Crippen LogP) is 5.13. The van der Waals surface area contributed by atoms with E-state index in [1.54, 1.807) is 12.1 Å². The SMILES string of the molecule is Cc1cccc(C(=O)Oc2ccc3c(Br)cccc3c2)c1. The quantitative estimate of drug-likeness (QED) is 0.477. The molecular weight excluding hydrogens is 328 g/mol. The Morgan fingerprint density at radius 1 is 1.00 bits per heavy atom. The number of benzene rings is 3. The van der Waals surface area contributed by atoms with Gasteiger partial charge in [-0.15, -0.1) is 0 Å². The van der Waals surface area contributed by atoms with Crippen LogP contribution in [0.5, 0.6) is 5.75 Å². The molecule has 0 N–H and O–H groups in total. The van der Waals surface area contributed by atoms with Crippen molar-refractivity contribution < 1.29 is 9.53 Å². The lowest BCUT2D eigenvalue weighted by Crippen LogP contribution is -2.08. The van der Waals surface area contributed by atoms with Crippen molar-refractivity contribution in [1.82, 2.24) is 0 Å². The van der Waals surface area contributed by atoms with E-state index in [0.29, 0.717) is 11.3 Å². The molecule has 0 fully saturated rings. The molecule has 3 rings (SSSR count). The highest BCUT2D eigenvalue weighted by Crippen LogP contribution is 2.27. The summed E-state index contributed by atoms with van der Waals surface area (Å²) in [7, 11) is 0. The average molecular weight is 341 g/mol. The van der Waals surface area contributed by atoms with E-state index in [1.807, 2.05) is 55.5 Å². The van der Waals surface area contributed by atoms with Crippen LogP contribution in [-0.2, 0) is 0 Å². The van der Waals surface area contributed by atoms with Crippen molar-refractivity contribution in [2.45, 2.75) is 6.92 Å². The predicted molar refractivity (Wildman–Crippen MR) is 87.8 cm³/mol. The zero-order chi connectivity index (χ0) is 14.8. The van der Waals surface area contributed by atoms with Crippen molar-refractivity contribution >= 4 is 32.7 Å². The lowest BCUT2D eigenvalue weighted by molar-refractivity contribution is 0.0735. The molecule has 0 aliphatic rings. The van der Waals surface area contributed by atoms with Crippen LogP contribution in [0.15, 0.2) is 65.1 Å². The molecule has 104 valence electrons. The molecule has 0 spiro atoms. The molecule has 0 radical (unpaired) electrons. The van der Waals surface area contributed by atoms with Gasteiger partial charge in [0.2, 0.25) is 0 Å². The fourth-order valence-electron chi connectivity index (χ4n) is 2.22. The minimum Gasteiger partial charge on any atom is -0.423 e. The van der Waals surface area contributed by atoms with Crippen LogP contribution in [0.1, 0.15) is 15.9 Å². The summed E-state index contributed by atoms with van der Waals surface area (Å²) in [4.78, 5) is 12.1. The van der Waals surface area contributed by atoms with Gasteiger partial charge in [-0.3, -0.25) is 0 Å². The Labute approximate surface area is 131 Å². The van der Waals surface area contributed by atoms with Gasteiger partial charge < -0.3 is 4.74 Å². The Bertz CT molecular complexity index is 824.